The van der Waals surface area contributed by atoms with E-state index in [1.54, 1.807) is 16.7 Å². The van der Waals surface area contributed by atoms with E-state index < -0.39 is 0 Å². The number of carbonyl (C=O) groups is 2. The molecule has 3 rings (SSSR count). The highest BCUT2D eigenvalue weighted by Gasteiger charge is 2.17. The summed E-state index contributed by atoms with van der Waals surface area (Å²) < 4.78 is 12.1. The molecule has 0 spiro atoms. The van der Waals surface area contributed by atoms with Crippen LogP contribution in [0.4, 0.5) is 0 Å². The number of nitrogens with zero attached hydrogens (tertiary/aromatic N) is 3. The summed E-state index contributed by atoms with van der Waals surface area (Å²) in [5.41, 5.74) is 1.68. The van der Waals surface area contributed by atoms with Crippen LogP contribution in [0.15, 0.2) is 36.5 Å². The number of carbonyl (C=O) groups excluding carboxylic acids is 2. The quantitative estimate of drug-likeness (QED) is 0.709. The zero-order valence-corrected chi connectivity index (χ0v) is 16.6. The van der Waals surface area contributed by atoms with Crippen LogP contribution in [0.1, 0.15) is 5.69 Å². The Kier molecular flexibility index (Phi) is 7.32. The van der Waals surface area contributed by atoms with E-state index in [1.807, 2.05) is 36.5 Å². The Hall–Kier alpha value is -2.52. The van der Waals surface area contributed by atoms with Gasteiger partial charge in [0.1, 0.15) is 5.75 Å². The summed E-state index contributed by atoms with van der Waals surface area (Å²) in [6, 6.07) is 9.42. The maximum atomic E-state index is 12.0. The molecule has 1 fully saturated rings. The van der Waals surface area contributed by atoms with Crippen molar-refractivity contribution in [2.24, 2.45) is 0 Å². The molecule has 150 valence electrons. The number of hydrogen-bond donors (Lipinski definition) is 1. The van der Waals surface area contributed by atoms with Crippen LogP contribution in [0, 0.1) is 0 Å². The molecule has 0 atom stereocenters. The summed E-state index contributed by atoms with van der Waals surface area (Å²) in [5.74, 6) is 1.28. The molecule has 0 saturated carbocycles. The molecule has 9 heteroatoms. The summed E-state index contributed by atoms with van der Waals surface area (Å²) in [4.78, 5) is 25.8. The number of nitrogens with one attached hydrogen (secondary N) is 1. The van der Waals surface area contributed by atoms with E-state index >= 15 is 0 Å². The van der Waals surface area contributed by atoms with Gasteiger partial charge in [0, 0.05) is 19.3 Å². The van der Waals surface area contributed by atoms with Gasteiger partial charge in [-0.2, -0.15) is 5.10 Å². The molecule has 1 aromatic carbocycles. The molecule has 2 heterocycles. The minimum atomic E-state index is -0.112. The van der Waals surface area contributed by atoms with Gasteiger partial charge in [0.05, 0.1) is 49.8 Å². The molecule has 1 aromatic heterocycles. The molecule has 1 aliphatic heterocycles. The fourth-order valence-corrected chi connectivity index (χ4v) is 3.46. The Balaban J connectivity index is 1.38. The number of rotatable bonds is 8. The number of ether oxygens (including phenoxy) is 2. The van der Waals surface area contributed by atoms with Crippen molar-refractivity contribution >= 4 is 23.6 Å². The van der Waals surface area contributed by atoms with E-state index in [-0.39, 0.29) is 17.6 Å². The van der Waals surface area contributed by atoms with Gasteiger partial charge in [0.25, 0.3) is 0 Å². The Morgan fingerprint density at radius 1 is 1.18 bits per heavy atom. The fraction of sp³-hybridized carbons (Fsp3) is 0.421. The number of thioether (sulfide) groups is 1. The lowest BCUT2D eigenvalue weighted by Crippen LogP contribution is -2.41. The minimum Gasteiger partial charge on any atom is -0.497 e. The van der Waals surface area contributed by atoms with Crippen molar-refractivity contribution < 1.29 is 19.1 Å². The topological polar surface area (TPSA) is 85.7 Å². The summed E-state index contributed by atoms with van der Waals surface area (Å²) in [7, 11) is 1.63. The van der Waals surface area contributed by atoms with Crippen LogP contribution < -0.4 is 10.1 Å². The number of aromatic nitrogens is 2. The Morgan fingerprint density at radius 3 is 2.64 bits per heavy atom. The lowest BCUT2D eigenvalue weighted by Gasteiger charge is -2.26. The first-order valence-electron chi connectivity index (χ1n) is 9.04. The van der Waals surface area contributed by atoms with Gasteiger partial charge in [-0.3, -0.25) is 9.59 Å². The largest absolute Gasteiger partial charge is 0.497 e. The Morgan fingerprint density at radius 2 is 1.93 bits per heavy atom. The van der Waals surface area contributed by atoms with Gasteiger partial charge < -0.3 is 19.7 Å². The third-order valence-electron chi connectivity index (χ3n) is 4.27. The number of amides is 2. The number of morpholine rings is 1. The normalized spacial score (nSPS) is 14.0. The molecule has 28 heavy (non-hydrogen) atoms. The van der Waals surface area contributed by atoms with Gasteiger partial charge in [-0.25, -0.2) is 4.68 Å². The first-order valence-corrected chi connectivity index (χ1v) is 10.2. The first kappa shape index (κ1) is 20.2. The minimum absolute atomic E-state index is 0.0549. The van der Waals surface area contributed by atoms with Gasteiger partial charge >= 0.3 is 0 Å². The fourth-order valence-electron chi connectivity index (χ4n) is 2.71. The number of methoxy groups -OCH3 is 1. The second-order valence-electron chi connectivity index (χ2n) is 6.21. The molecule has 8 nitrogen and oxygen atoms in total. The third kappa shape index (κ3) is 5.74. The van der Waals surface area contributed by atoms with Gasteiger partial charge in [0.15, 0.2) is 0 Å². The van der Waals surface area contributed by atoms with Crippen molar-refractivity contribution in [2.75, 3.05) is 44.9 Å². The van der Waals surface area contributed by atoms with E-state index in [1.165, 1.54) is 11.8 Å². The molecular weight excluding hydrogens is 380 g/mol. The summed E-state index contributed by atoms with van der Waals surface area (Å²) in [6.07, 6.45) is 1.85. The monoisotopic (exact) mass is 404 g/mol. The van der Waals surface area contributed by atoms with Crippen LogP contribution in [0.3, 0.4) is 0 Å². The van der Waals surface area contributed by atoms with Crippen LogP contribution in [-0.2, 0) is 20.9 Å². The predicted octanol–water partition coefficient (Wildman–Crippen LogP) is 1.09. The zero-order valence-electron chi connectivity index (χ0n) is 15.8. The molecule has 0 aliphatic carbocycles. The van der Waals surface area contributed by atoms with E-state index in [0.717, 1.165) is 17.1 Å². The smallest absolute Gasteiger partial charge is 0.232 e. The molecular formula is C19H24N4O4S. The van der Waals surface area contributed by atoms with E-state index in [0.29, 0.717) is 38.6 Å². The Labute approximate surface area is 168 Å². The molecule has 2 aromatic rings. The molecule has 2 amide bonds. The van der Waals surface area contributed by atoms with Gasteiger partial charge in [-0.1, -0.05) is 0 Å². The van der Waals surface area contributed by atoms with Crippen LogP contribution in [-0.4, -0.2) is 71.4 Å². The Bertz CT molecular complexity index is 787. The maximum Gasteiger partial charge on any atom is 0.232 e. The van der Waals surface area contributed by atoms with Crippen molar-refractivity contribution in [3.63, 3.8) is 0 Å². The summed E-state index contributed by atoms with van der Waals surface area (Å²) in [5, 5.41) is 7.29. The molecule has 1 saturated heterocycles. The van der Waals surface area contributed by atoms with Crippen molar-refractivity contribution in [1.29, 1.82) is 0 Å². The van der Waals surface area contributed by atoms with Crippen LogP contribution in [0.5, 0.6) is 5.75 Å². The molecule has 0 radical (unpaired) electrons. The van der Waals surface area contributed by atoms with Crippen molar-refractivity contribution in [3.8, 4) is 11.4 Å². The predicted molar refractivity (Wildman–Crippen MR) is 107 cm³/mol. The average Bonchev–Trinajstić information content (AvgIpc) is 3.22. The summed E-state index contributed by atoms with van der Waals surface area (Å²) >= 11 is 1.32. The highest BCUT2D eigenvalue weighted by Crippen LogP contribution is 2.14. The van der Waals surface area contributed by atoms with E-state index in [4.69, 9.17) is 9.47 Å². The maximum absolute atomic E-state index is 12.0. The highest BCUT2D eigenvalue weighted by atomic mass is 32.2. The standard InChI is InChI=1S/C19H24N4O4S/c1-26-17-4-2-16(3-5-17)23-7-6-15(21-23)12-20-18(24)13-28-14-19(25)22-8-10-27-11-9-22/h2-7H,8-14H2,1H3,(H,20,24). The van der Waals surface area contributed by atoms with Crippen LogP contribution in [0.2, 0.25) is 0 Å². The lowest BCUT2D eigenvalue weighted by molar-refractivity contribution is -0.132. The lowest BCUT2D eigenvalue weighted by atomic mass is 10.3. The molecule has 0 unspecified atom stereocenters. The third-order valence-corrected chi connectivity index (χ3v) is 5.19. The highest BCUT2D eigenvalue weighted by molar-refractivity contribution is 8.00. The van der Waals surface area contributed by atoms with Crippen LogP contribution >= 0.6 is 11.8 Å². The van der Waals surface area contributed by atoms with Crippen molar-refractivity contribution in [3.05, 3.63) is 42.2 Å². The molecule has 1 N–H and O–H groups in total. The van der Waals surface area contributed by atoms with Crippen molar-refractivity contribution in [2.45, 2.75) is 6.54 Å². The van der Waals surface area contributed by atoms with Gasteiger partial charge in [-0.05, 0) is 30.3 Å². The first-order chi connectivity index (χ1) is 13.7. The SMILES string of the molecule is COc1ccc(-n2ccc(CNC(=O)CSCC(=O)N3CCOCC3)n2)cc1. The zero-order chi connectivity index (χ0) is 19.8. The van der Waals surface area contributed by atoms with E-state index in [2.05, 4.69) is 10.4 Å². The second kappa shape index (κ2) is 10.1. The number of hydrogen-bond acceptors (Lipinski definition) is 6. The summed E-state index contributed by atoms with van der Waals surface area (Å²) in [6.45, 7) is 2.77. The molecule has 0 bridgehead atoms. The average molecular weight is 404 g/mol. The van der Waals surface area contributed by atoms with E-state index in [9.17, 15) is 9.59 Å². The van der Waals surface area contributed by atoms with Crippen molar-refractivity contribution in [1.82, 2.24) is 20.0 Å². The molecule has 1 aliphatic rings. The van der Waals surface area contributed by atoms with Gasteiger partial charge in [-0.15, -0.1) is 11.8 Å². The van der Waals surface area contributed by atoms with Crippen LogP contribution in [0.25, 0.3) is 5.69 Å². The second-order valence-corrected chi connectivity index (χ2v) is 7.20. The van der Waals surface area contributed by atoms with Gasteiger partial charge in [0.2, 0.25) is 11.8 Å². The number of benzene rings is 1.